The number of hydrogen-bond acceptors (Lipinski definition) is 4. The Morgan fingerprint density at radius 3 is 2.80 bits per heavy atom. The molecule has 0 unspecified atom stereocenters. The van der Waals surface area contributed by atoms with Crippen LogP contribution in [0.15, 0.2) is 36.4 Å². The number of likely N-dealkylation sites (tertiary alicyclic amines) is 1. The number of nitrogens with one attached hydrogen (secondary N) is 1. The first kappa shape index (κ1) is 20.0. The van der Waals surface area contributed by atoms with Crippen molar-refractivity contribution < 1.29 is 9.59 Å². The molecule has 0 aliphatic carbocycles. The maximum Gasteiger partial charge on any atom is 0.251 e. The van der Waals surface area contributed by atoms with Crippen LogP contribution >= 0.6 is 0 Å². The van der Waals surface area contributed by atoms with Crippen molar-refractivity contribution in [2.75, 3.05) is 25.0 Å². The average Bonchev–Trinajstić information content (AvgIpc) is 3.44. The molecule has 4 rings (SSSR count). The number of fused-ring (bicyclic) bond motifs is 1. The van der Waals surface area contributed by atoms with E-state index in [2.05, 4.69) is 36.6 Å². The lowest BCUT2D eigenvalue weighted by molar-refractivity contribution is -0.121. The molecule has 6 nitrogen and oxygen atoms in total. The Hall–Kier alpha value is -3.33. The van der Waals surface area contributed by atoms with Gasteiger partial charge in [0.05, 0.1) is 0 Å². The molecule has 1 atom stereocenters. The predicted octanol–water partition coefficient (Wildman–Crippen LogP) is 3.11. The molecule has 1 saturated heterocycles. The summed E-state index contributed by atoms with van der Waals surface area (Å²) in [6, 6.07) is 11.7. The minimum absolute atomic E-state index is 0.0462. The van der Waals surface area contributed by atoms with Crippen molar-refractivity contribution in [3.05, 3.63) is 53.1 Å². The summed E-state index contributed by atoms with van der Waals surface area (Å²) in [6.45, 7) is 3.32. The molecule has 1 N–H and O–H groups in total. The van der Waals surface area contributed by atoms with E-state index in [4.69, 9.17) is 0 Å². The largest absolute Gasteiger partial charge is 0.355 e. The average molecular weight is 402 g/mol. The highest BCUT2D eigenvalue weighted by molar-refractivity contribution is 6.03. The number of nitrogens with zero attached hydrogens (tertiary/aromatic N) is 3. The molecule has 0 spiro atoms. The molecule has 2 aliphatic rings. The molecular weight excluding hydrogens is 376 g/mol. The van der Waals surface area contributed by atoms with Gasteiger partial charge in [-0.05, 0) is 60.1 Å². The number of benzene rings is 2. The zero-order valence-electron chi connectivity index (χ0n) is 17.4. The standard InChI is InChI=1S/C24H26N4O2/c1-3-16-6-4-7-17(12-16)20-13-18(23(29)26-2)14-22-19(20)9-11-28(22)24(30)21-8-5-10-27(21)15-25/h4,6-7,12-14,21H,3,5,8-11H2,1-2H3,(H,26,29)/t21-/m0/s1. The summed E-state index contributed by atoms with van der Waals surface area (Å²) in [5, 5.41) is 12.1. The van der Waals surface area contributed by atoms with E-state index in [1.165, 1.54) is 5.56 Å². The van der Waals surface area contributed by atoms with E-state index in [1.807, 2.05) is 18.2 Å². The highest BCUT2D eigenvalue weighted by Crippen LogP contribution is 2.39. The van der Waals surface area contributed by atoms with Crippen molar-refractivity contribution in [3.8, 4) is 17.3 Å². The number of carbonyl (C=O) groups is 2. The van der Waals surface area contributed by atoms with Gasteiger partial charge < -0.3 is 10.2 Å². The van der Waals surface area contributed by atoms with Crippen molar-refractivity contribution in [1.82, 2.24) is 10.2 Å². The minimum atomic E-state index is -0.406. The molecule has 30 heavy (non-hydrogen) atoms. The molecule has 2 aromatic rings. The topological polar surface area (TPSA) is 76.4 Å². The molecule has 1 fully saturated rings. The fraction of sp³-hybridized carbons (Fsp3) is 0.375. The van der Waals surface area contributed by atoms with Crippen molar-refractivity contribution in [1.29, 1.82) is 5.26 Å². The smallest absolute Gasteiger partial charge is 0.251 e. The molecular formula is C24H26N4O2. The lowest BCUT2D eigenvalue weighted by Crippen LogP contribution is -2.43. The minimum Gasteiger partial charge on any atom is -0.355 e. The van der Waals surface area contributed by atoms with Crippen molar-refractivity contribution in [2.24, 2.45) is 0 Å². The second-order valence-corrected chi connectivity index (χ2v) is 7.85. The summed E-state index contributed by atoms with van der Waals surface area (Å²) in [5.74, 6) is -0.223. The number of rotatable bonds is 4. The summed E-state index contributed by atoms with van der Waals surface area (Å²) in [5.41, 5.74) is 5.71. The molecule has 6 heteroatoms. The van der Waals surface area contributed by atoms with Gasteiger partial charge in [0, 0.05) is 31.4 Å². The fourth-order valence-electron chi connectivity index (χ4n) is 4.55. The Morgan fingerprint density at radius 2 is 2.07 bits per heavy atom. The SMILES string of the molecule is CCc1cccc(-c2cc(C(=O)NC)cc3c2CCN3C(=O)[C@@H]2CCCN2C#N)c1. The molecule has 2 aromatic carbocycles. The van der Waals surface area contributed by atoms with E-state index in [0.29, 0.717) is 25.1 Å². The van der Waals surface area contributed by atoms with Crippen LogP contribution in [-0.4, -0.2) is 42.9 Å². The summed E-state index contributed by atoms with van der Waals surface area (Å²) in [7, 11) is 1.61. The van der Waals surface area contributed by atoms with Gasteiger partial charge in [-0.25, -0.2) is 0 Å². The Bertz CT molecular complexity index is 1040. The zero-order valence-corrected chi connectivity index (χ0v) is 17.4. The summed E-state index contributed by atoms with van der Waals surface area (Å²) < 4.78 is 0. The van der Waals surface area contributed by atoms with Gasteiger partial charge in [-0.1, -0.05) is 31.2 Å². The summed E-state index contributed by atoms with van der Waals surface area (Å²) >= 11 is 0. The van der Waals surface area contributed by atoms with Crippen LogP contribution in [0.1, 0.15) is 41.3 Å². The Morgan fingerprint density at radius 1 is 1.23 bits per heavy atom. The molecule has 2 heterocycles. The van der Waals surface area contributed by atoms with Gasteiger partial charge in [0.15, 0.2) is 6.19 Å². The third-order valence-corrected chi connectivity index (χ3v) is 6.17. The van der Waals surface area contributed by atoms with Crippen LogP contribution in [-0.2, 0) is 17.6 Å². The first-order valence-electron chi connectivity index (χ1n) is 10.5. The second-order valence-electron chi connectivity index (χ2n) is 7.85. The van der Waals surface area contributed by atoms with Gasteiger partial charge in [0.25, 0.3) is 5.91 Å². The lowest BCUT2D eigenvalue weighted by Gasteiger charge is -2.25. The predicted molar refractivity (Wildman–Crippen MR) is 116 cm³/mol. The van der Waals surface area contributed by atoms with E-state index in [1.54, 1.807) is 16.8 Å². The first-order valence-corrected chi connectivity index (χ1v) is 10.5. The van der Waals surface area contributed by atoms with Crippen molar-refractivity contribution in [3.63, 3.8) is 0 Å². The normalized spacial score (nSPS) is 17.6. The maximum atomic E-state index is 13.3. The van der Waals surface area contributed by atoms with Gasteiger partial charge in [-0.3, -0.25) is 14.5 Å². The number of aryl methyl sites for hydroxylation is 1. The van der Waals surface area contributed by atoms with Crippen LogP contribution in [0.25, 0.3) is 11.1 Å². The van der Waals surface area contributed by atoms with Crippen LogP contribution in [0, 0.1) is 11.5 Å². The lowest BCUT2D eigenvalue weighted by atomic mass is 9.93. The number of hydrogen-bond donors (Lipinski definition) is 1. The fourth-order valence-corrected chi connectivity index (χ4v) is 4.55. The number of carbonyl (C=O) groups excluding carboxylic acids is 2. The van der Waals surface area contributed by atoms with E-state index in [0.717, 1.165) is 41.6 Å². The molecule has 154 valence electrons. The van der Waals surface area contributed by atoms with Crippen LogP contribution in [0.4, 0.5) is 5.69 Å². The van der Waals surface area contributed by atoms with Gasteiger partial charge in [-0.15, -0.1) is 0 Å². The molecule has 2 aliphatic heterocycles. The molecule has 0 radical (unpaired) electrons. The first-order chi connectivity index (χ1) is 14.6. The van der Waals surface area contributed by atoms with Gasteiger partial charge in [0.1, 0.15) is 6.04 Å². The quantitative estimate of drug-likeness (QED) is 0.798. The summed E-state index contributed by atoms with van der Waals surface area (Å²) in [4.78, 5) is 29.1. The van der Waals surface area contributed by atoms with E-state index in [-0.39, 0.29) is 11.8 Å². The molecule has 0 saturated carbocycles. The Balaban J connectivity index is 1.80. The highest BCUT2D eigenvalue weighted by atomic mass is 16.2. The van der Waals surface area contributed by atoms with Gasteiger partial charge in [0.2, 0.25) is 5.91 Å². The maximum absolute atomic E-state index is 13.3. The monoisotopic (exact) mass is 402 g/mol. The number of amides is 2. The van der Waals surface area contributed by atoms with Crippen LogP contribution in [0.2, 0.25) is 0 Å². The Kier molecular flexibility index (Phi) is 5.45. The Labute approximate surface area is 177 Å². The third-order valence-electron chi connectivity index (χ3n) is 6.17. The van der Waals surface area contributed by atoms with Gasteiger partial charge >= 0.3 is 0 Å². The van der Waals surface area contributed by atoms with E-state index < -0.39 is 6.04 Å². The van der Waals surface area contributed by atoms with Gasteiger partial charge in [-0.2, -0.15) is 5.26 Å². The van der Waals surface area contributed by atoms with E-state index in [9.17, 15) is 14.9 Å². The van der Waals surface area contributed by atoms with Crippen LogP contribution < -0.4 is 10.2 Å². The van der Waals surface area contributed by atoms with Crippen molar-refractivity contribution in [2.45, 2.75) is 38.6 Å². The molecule has 2 amide bonds. The second kappa shape index (κ2) is 8.19. The number of anilines is 1. The van der Waals surface area contributed by atoms with Crippen LogP contribution in [0.3, 0.4) is 0 Å². The van der Waals surface area contributed by atoms with Crippen molar-refractivity contribution >= 4 is 17.5 Å². The zero-order chi connectivity index (χ0) is 21.3. The summed E-state index contributed by atoms with van der Waals surface area (Å²) in [6.07, 6.45) is 5.36. The highest BCUT2D eigenvalue weighted by Gasteiger charge is 2.37. The number of nitriles is 1. The van der Waals surface area contributed by atoms with Crippen LogP contribution in [0.5, 0.6) is 0 Å². The van der Waals surface area contributed by atoms with E-state index >= 15 is 0 Å². The molecule has 0 bridgehead atoms. The third kappa shape index (κ3) is 3.41. The molecule has 0 aromatic heterocycles.